The van der Waals surface area contributed by atoms with Crippen molar-refractivity contribution in [3.8, 4) is 5.75 Å². The molecule has 4 atom stereocenters. The van der Waals surface area contributed by atoms with Gasteiger partial charge < -0.3 is 29.7 Å². The minimum Gasteiger partial charge on any atom is -0.497 e. The van der Waals surface area contributed by atoms with E-state index in [1.807, 2.05) is 79.4 Å². The summed E-state index contributed by atoms with van der Waals surface area (Å²) in [7, 11) is 1.59. The molecular weight excluding hydrogens is 510 g/mol. The average molecular weight is 550 g/mol. The Kier molecular flexibility index (Phi) is 9.82. The second kappa shape index (κ2) is 13.5. The highest BCUT2D eigenvalue weighted by Crippen LogP contribution is 2.33. The molecule has 0 radical (unpaired) electrons. The van der Waals surface area contributed by atoms with Gasteiger partial charge in [0.15, 0.2) is 6.10 Å². The van der Waals surface area contributed by atoms with E-state index in [2.05, 4.69) is 5.32 Å². The van der Waals surface area contributed by atoms with Crippen LogP contribution in [0.25, 0.3) is 0 Å². The minimum atomic E-state index is -1.46. The van der Waals surface area contributed by atoms with Gasteiger partial charge in [-0.15, -0.1) is 0 Å². The Hall–Kier alpha value is -3.85. The van der Waals surface area contributed by atoms with Gasteiger partial charge in [0.2, 0.25) is 5.91 Å². The number of fused-ring (bicyclic) bond motifs is 1. The smallest absolute Gasteiger partial charge is 0.328 e. The van der Waals surface area contributed by atoms with Gasteiger partial charge in [-0.05, 0) is 61.1 Å². The fraction of sp³-hybridized carbons (Fsp3) is 0.452. The lowest BCUT2D eigenvalue weighted by Crippen LogP contribution is -2.54. The van der Waals surface area contributed by atoms with E-state index >= 15 is 0 Å². The number of rotatable bonds is 5. The third kappa shape index (κ3) is 6.83. The first-order valence-corrected chi connectivity index (χ1v) is 13.9. The number of nitrogens with one attached hydrogen (secondary N) is 1. The number of benzene rings is 2. The SMILES string of the molecule is COc1ccc(N2C/C=C\COC(=O)[C@H](CC(C)C)NC(=O)[C@@H]3CCCN3C(=O)[C@H](O)[C@H]2c2ccccc2)cc1. The number of carbonyl (C=O) groups excluding carboxylic acids is 3. The van der Waals surface area contributed by atoms with Crippen LogP contribution in [-0.4, -0.2) is 72.8 Å². The predicted octanol–water partition coefficient (Wildman–Crippen LogP) is 3.24. The Bertz CT molecular complexity index is 1180. The highest BCUT2D eigenvalue weighted by molar-refractivity contribution is 5.92. The Balaban J connectivity index is 1.76. The lowest BCUT2D eigenvalue weighted by atomic mass is 9.97. The van der Waals surface area contributed by atoms with Crippen LogP contribution in [0.2, 0.25) is 0 Å². The van der Waals surface area contributed by atoms with Crippen molar-refractivity contribution in [1.82, 2.24) is 10.2 Å². The molecule has 4 rings (SSSR count). The Morgan fingerprint density at radius 3 is 2.42 bits per heavy atom. The van der Waals surface area contributed by atoms with Gasteiger partial charge in [0.25, 0.3) is 5.91 Å². The van der Waals surface area contributed by atoms with Crippen LogP contribution in [0.5, 0.6) is 5.75 Å². The molecule has 2 heterocycles. The van der Waals surface area contributed by atoms with Gasteiger partial charge in [0.05, 0.1) is 13.2 Å². The summed E-state index contributed by atoms with van der Waals surface area (Å²) in [6.07, 6.45) is 3.61. The molecule has 0 bridgehead atoms. The average Bonchev–Trinajstić information content (AvgIpc) is 3.45. The van der Waals surface area contributed by atoms with Crippen molar-refractivity contribution in [3.63, 3.8) is 0 Å². The van der Waals surface area contributed by atoms with Gasteiger partial charge >= 0.3 is 5.97 Å². The highest BCUT2D eigenvalue weighted by atomic mass is 16.5. The number of carbonyl (C=O) groups is 3. The van der Waals surface area contributed by atoms with Crippen LogP contribution < -0.4 is 15.0 Å². The molecule has 1 saturated heterocycles. The van der Waals surface area contributed by atoms with Crippen LogP contribution in [0.1, 0.15) is 44.7 Å². The molecule has 1 fully saturated rings. The fourth-order valence-corrected chi connectivity index (χ4v) is 5.38. The molecule has 2 aromatic carbocycles. The molecule has 214 valence electrons. The Morgan fingerprint density at radius 1 is 1.02 bits per heavy atom. The largest absolute Gasteiger partial charge is 0.497 e. The van der Waals surface area contributed by atoms with Crippen molar-refractivity contribution in [2.45, 2.75) is 57.3 Å². The molecule has 0 spiro atoms. The molecule has 2 amide bonds. The van der Waals surface area contributed by atoms with Gasteiger partial charge in [0, 0.05) is 18.8 Å². The van der Waals surface area contributed by atoms with Gasteiger partial charge in [-0.25, -0.2) is 4.79 Å². The summed E-state index contributed by atoms with van der Waals surface area (Å²) in [6, 6.07) is 14.4. The molecule has 40 heavy (non-hydrogen) atoms. The topological polar surface area (TPSA) is 108 Å². The third-order valence-corrected chi connectivity index (χ3v) is 7.37. The highest BCUT2D eigenvalue weighted by Gasteiger charge is 2.42. The van der Waals surface area contributed by atoms with Gasteiger partial charge in [-0.1, -0.05) is 50.3 Å². The summed E-state index contributed by atoms with van der Waals surface area (Å²) in [5, 5.41) is 14.6. The Morgan fingerprint density at radius 2 is 1.75 bits per heavy atom. The number of hydrogen-bond acceptors (Lipinski definition) is 7. The predicted molar refractivity (Wildman–Crippen MR) is 152 cm³/mol. The summed E-state index contributed by atoms with van der Waals surface area (Å²) < 4.78 is 10.8. The normalized spacial score (nSPS) is 25.5. The van der Waals surface area contributed by atoms with E-state index < -0.39 is 42.0 Å². The van der Waals surface area contributed by atoms with Crippen LogP contribution >= 0.6 is 0 Å². The number of esters is 1. The first-order chi connectivity index (χ1) is 19.3. The number of amides is 2. The molecule has 0 saturated carbocycles. The van der Waals surface area contributed by atoms with Crippen LogP contribution in [-0.2, 0) is 19.1 Å². The van der Waals surface area contributed by atoms with E-state index in [0.717, 1.165) is 11.3 Å². The van der Waals surface area contributed by atoms with E-state index in [4.69, 9.17) is 9.47 Å². The fourth-order valence-electron chi connectivity index (χ4n) is 5.38. The number of hydrogen-bond donors (Lipinski definition) is 2. The van der Waals surface area contributed by atoms with Gasteiger partial charge in [-0.2, -0.15) is 0 Å². The first kappa shape index (κ1) is 29.1. The number of aliphatic hydroxyl groups is 1. The van der Waals surface area contributed by atoms with Crippen LogP contribution in [0.4, 0.5) is 5.69 Å². The lowest BCUT2D eigenvalue weighted by Gasteiger charge is -2.38. The van der Waals surface area contributed by atoms with Crippen LogP contribution in [0.3, 0.4) is 0 Å². The van der Waals surface area contributed by atoms with Crippen molar-refractivity contribution in [3.05, 3.63) is 72.3 Å². The zero-order chi connectivity index (χ0) is 28.6. The maximum atomic E-state index is 13.9. The minimum absolute atomic E-state index is 0.0345. The van der Waals surface area contributed by atoms with E-state index in [1.54, 1.807) is 13.2 Å². The van der Waals surface area contributed by atoms with Gasteiger partial charge in [-0.3, -0.25) is 9.59 Å². The number of anilines is 1. The molecule has 0 aromatic heterocycles. The summed E-state index contributed by atoms with van der Waals surface area (Å²) in [4.78, 5) is 43.6. The Labute approximate surface area is 235 Å². The van der Waals surface area contributed by atoms with E-state index in [1.165, 1.54) is 4.90 Å². The molecule has 9 heteroatoms. The van der Waals surface area contributed by atoms with E-state index in [-0.39, 0.29) is 12.5 Å². The van der Waals surface area contributed by atoms with E-state index in [9.17, 15) is 19.5 Å². The molecule has 2 aromatic rings. The summed E-state index contributed by atoms with van der Waals surface area (Å²) in [5.74, 6) is -0.615. The summed E-state index contributed by atoms with van der Waals surface area (Å²) >= 11 is 0. The molecule has 2 aliphatic rings. The van der Waals surface area contributed by atoms with Crippen LogP contribution in [0, 0.1) is 5.92 Å². The number of cyclic esters (lactones) is 1. The maximum absolute atomic E-state index is 13.9. The first-order valence-electron chi connectivity index (χ1n) is 13.9. The summed E-state index contributed by atoms with van der Waals surface area (Å²) in [6.45, 7) is 4.63. The number of methoxy groups -OCH3 is 1. The van der Waals surface area contributed by atoms with Crippen molar-refractivity contribution < 1.29 is 29.0 Å². The van der Waals surface area contributed by atoms with Crippen LogP contribution in [0.15, 0.2) is 66.7 Å². The third-order valence-electron chi connectivity index (χ3n) is 7.37. The molecule has 2 aliphatic heterocycles. The monoisotopic (exact) mass is 549 g/mol. The van der Waals surface area contributed by atoms with Gasteiger partial charge in [0.1, 0.15) is 24.4 Å². The quantitative estimate of drug-likeness (QED) is 0.436. The number of nitrogens with zero attached hydrogens (tertiary/aromatic N) is 2. The second-order valence-electron chi connectivity index (χ2n) is 10.6. The molecule has 2 N–H and O–H groups in total. The van der Waals surface area contributed by atoms with E-state index in [0.29, 0.717) is 38.1 Å². The lowest BCUT2D eigenvalue weighted by molar-refractivity contribution is -0.149. The van der Waals surface area contributed by atoms with Crippen molar-refractivity contribution in [1.29, 1.82) is 0 Å². The standard InChI is InChI=1S/C31H39N3O6/c1-21(2)20-25-31(38)40-19-8-7-17-33(23-13-15-24(39-3)16-14-23)27(22-10-5-4-6-11-22)28(35)30(37)34-18-9-12-26(34)29(36)32-25/h4-8,10-11,13-16,21,25-28,35H,9,12,17-20H2,1-3H3,(H,32,36)/b8-7-/t25-,26-,27+,28+/m0/s1. The van der Waals surface area contributed by atoms with Crippen molar-refractivity contribution in [2.75, 3.05) is 31.7 Å². The van der Waals surface area contributed by atoms with Crippen molar-refractivity contribution >= 4 is 23.5 Å². The second-order valence-corrected chi connectivity index (χ2v) is 10.6. The zero-order valence-electron chi connectivity index (χ0n) is 23.4. The number of ether oxygens (including phenoxy) is 2. The molecule has 0 aliphatic carbocycles. The molecular formula is C31H39N3O6. The van der Waals surface area contributed by atoms with Crippen molar-refractivity contribution in [2.24, 2.45) is 5.92 Å². The summed E-state index contributed by atoms with van der Waals surface area (Å²) in [5.41, 5.74) is 1.51. The molecule has 0 unspecified atom stereocenters. The zero-order valence-corrected chi connectivity index (χ0v) is 23.4. The number of aliphatic hydroxyl groups excluding tert-OH is 1. The maximum Gasteiger partial charge on any atom is 0.328 e. The molecule has 9 nitrogen and oxygen atoms in total.